The first-order valence-electron chi connectivity index (χ1n) is 4.04. The van der Waals surface area contributed by atoms with Crippen molar-refractivity contribution in [1.29, 1.82) is 0 Å². The van der Waals surface area contributed by atoms with Crippen molar-refractivity contribution in [2.45, 2.75) is 12.8 Å². The molecular formula is C8H15NO2. The van der Waals surface area contributed by atoms with Gasteiger partial charge in [-0.3, -0.25) is 4.79 Å². The van der Waals surface area contributed by atoms with Crippen LogP contribution < -0.4 is 5.32 Å². The van der Waals surface area contributed by atoms with Crippen LogP contribution in [-0.4, -0.2) is 32.6 Å². The SMILES string of the molecule is COCC(=O)CCC1CNC1. The number of carbonyl (C=O) groups excluding carboxylic acids is 1. The van der Waals surface area contributed by atoms with Crippen molar-refractivity contribution in [3.05, 3.63) is 0 Å². The van der Waals surface area contributed by atoms with E-state index in [0.29, 0.717) is 6.42 Å². The van der Waals surface area contributed by atoms with Crippen LogP contribution in [0.1, 0.15) is 12.8 Å². The first kappa shape index (κ1) is 8.68. The zero-order valence-electron chi connectivity index (χ0n) is 6.93. The van der Waals surface area contributed by atoms with E-state index < -0.39 is 0 Å². The summed E-state index contributed by atoms with van der Waals surface area (Å²) in [5.41, 5.74) is 0. The fourth-order valence-electron chi connectivity index (χ4n) is 1.15. The molecule has 64 valence electrons. The molecule has 0 bridgehead atoms. The molecule has 0 aromatic carbocycles. The molecule has 0 unspecified atom stereocenters. The molecule has 0 atom stereocenters. The summed E-state index contributed by atoms with van der Waals surface area (Å²) in [6, 6.07) is 0. The third-order valence-electron chi connectivity index (χ3n) is 2.00. The van der Waals surface area contributed by atoms with Gasteiger partial charge in [-0.25, -0.2) is 0 Å². The van der Waals surface area contributed by atoms with Crippen molar-refractivity contribution < 1.29 is 9.53 Å². The van der Waals surface area contributed by atoms with Crippen LogP contribution in [0, 0.1) is 5.92 Å². The predicted octanol–water partition coefficient (Wildman–Crippen LogP) is 0.202. The van der Waals surface area contributed by atoms with Gasteiger partial charge in [-0.05, 0) is 25.4 Å². The van der Waals surface area contributed by atoms with E-state index in [-0.39, 0.29) is 12.4 Å². The zero-order chi connectivity index (χ0) is 8.10. The molecule has 1 N–H and O–H groups in total. The molecular weight excluding hydrogens is 142 g/mol. The van der Waals surface area contributed by atoms with Crippen molar-refractivity contribution in [2.75, 3.05) is 26.8 Å². The van der Waals surface area contributed by atoms with E-state index in [0.717, 1.165) is 25.4 Å². The van der Waals surface area contributed by atoms with Gasteiger partial charge in [0.1, 0.15) is 6.61 Å². The topological polar surface area (TPSA) is 38.3 Å². The van der Waals surface area contributed by atoms with Gasteiger partial charge in [0, 0.05) is 13.5 Å². The highest BCUT2D eigenvalue weighted by atomic mass is 16.5. The first-order chi connectivity index (χ1) is 5.33. The van der Waals surface area contributed by atoms with Crippen LogP contribution in [-0.2, 0) is 9.53 Å². The van der Waals surface area contributed by atoms with Crippen LogP contribution in [0.15, 0.2) is 0 Å². The number of ether oxygens (including phenoxy) is 1. The van der Waals surface area contributed by atoms with E-state index in [1.165, 1.54) is 0 Å². The van der Waals surface area contributed by atoms with Gasteiger partial charge in [0.15, 0.2) is 5.78 Å². The van der Waals surface area contributed by atoms with Crippen LogP contribution in [0.5, 0.6) is 0 Å². The van der Waals surface area contributed by atoms with E-state index >= 15 is 0 Å². The summed E-state index contributed by atoms with van der Waals surface area (Å²) in [5.74, 6) is 0.954. The summed E-state index contributed by atoms with van der Waals surface area (Å²) in [4.78, 5) is 10.9. The third-order valence-corrected chi connectivity index (χ3v) is 2.00. The van der Waals surface area contributed by atoms with Crippen molar-refractivity contribution in [2.24, 2.45) is 5.92 Å². The number of methoxy groups -OCH3 is 1. The number of ketones is 1. The average Bonchev–Trinajstić information content (AvgIpc) is 1.85. The Labute approximate surface area is 67.1 Å². The Balaban J connectivity index is 1.96. The molecule has 3 heteroatoms. The molecule has 11 heavy (non-hydrogen) atoms. The molecule has 0 spiro atoms. The molecule has 1 aliphatic heterocycles. The van der Waals surface area contributed by atoms with Gasteiger partial charge >= 0.3 is 0 Å². The van der Waals surface area contributed by atoms with Gasteiger partial charge in [-0.2, -0.15) is 0 Å². The van der Waals surface area contributed by atoms with E-state index in [2.05, 4.69) is 5.32 Å². The summed E-state index contributed by atoms with van der Waals surface area (Å²) in [5, 5.41) is 3.17. The molecule has 3 nitrogen and oxygen atoms in total. The van der Waals surface area contributed by atoms with Crippen molar-refractivity contribution >= 4 is 5.78 Å². The molecule has 0 saturated carbocycles. The largest absolute Gasteiger partial charge is 0.377 e. The van der Waals surface area contributed by atoms with Gasteiger partial charge in [-0.15, -0.1) is 0 Å². The summed E-state index contributed by atoms with van der Waals surface area (Å²) in [6.45, 7) is 2.45. The molecule has 1 fully saturated rings. The molecule has 1 saturated heterocycles. The zero-order valence-corrected chi connectivity index (χ0v) is 6.93. The van der Waals surface area contributed by atoms with Crippen molar-refractivity contribution in [3.63, 3.8) is 0 Å². The third kappa shape index (κ3) is 2.99. The van der Waals surface area contributed by atoms with Crippen molar-refractivity contribution in [1.82, 2.24) is 5.32 Å². The van der Waals surface area contributed by atoms with E-state index in [9.17, 15) is 4.79 Å². The quantitative estimate of drug-likeness (QED) is 0.619. The second kappa shape index (κ2) is 4.46. The minimum atomic E-state index is 0.222. The van der Waals surface area contributed by atoms with Crippen LogP contribution in [0.25, 0.3) is 0 Å². The highest BCUT2D eigenvalue weighted by molar-refractivity contribution is 5.79. The summed E-state index contributed by atoms with van der Waals surface area (Å²) < 4.78 is 4.72. The molecule has 1 heterocycles. The standard InChI is InChI=1S/C8H15NO2/c1-11-6-8(10)3-2-7-4-9-5-7/h7,9H,2-6H2,1H3. The minimum absolute atomic E-state index is 0.222. The summed E-state index contributed by atoms with van der Waals surface area (Å²) in [7, 11) is 1.56. The Morgan fingerprint density at radius 1 is 1.64 bits per heavy atom. The molecule has 0 aromatic heterocycles. The van der Waals surface area contributed by atoms with Gasteiger partial charge in [0.25, 0.3) is 0 Å². The Morgan fingerprint density at radius 2 is 2.36 bits per heavy atom. The van der Waals surface area contributed by atoms with Crippen LogP contribution in [0.3, 0.4) is 0 Å². The van der Waals surface area contributed by atoms with Crippen LogP contribution in [0.4, 0.5) is 0 Å². The van der Waals surface area contributed by atoms with Gasteiger partial charge < -0.3 is 10.1 Å². The number of carbonyl (C=O) groups is 1. The Bertz CT molecular complexity index is 132. The maximum Gasteiger partial charge on any atom is 0.158 e. The smallest absolute Gasteiger partial charge is 0.158 e. The molecule has 0 aliphatic carbocycles. The lowest BCUT2D eigenvalue weighted by atomic mass is 9.96. The molecule has 0 radical (unpaired) electrons. The fourth-order valence-corrected chi connectivity index (χ4v) is 1.15. The molecule has 0 aromatic rings. The average molecular weight is 157 g/mol. The van der Waals surface area contributed by atoms with E-state index in [4.69, 9.17) is 4.74 Å². The van der Waals surface area contributed by atoms with Crippen molar-refractivity contribution in [3.8, 4) is 0 Å². The number of rotatable bonds is 5. The van der Waals surface area contributed by atoms with Gasteiger partial charge in [0.2, 0.25) is 0 Å². The van der Waals surface area contributed by atoms with Gasteiger partial charge in [-0.1, -0.05) is 0 Å². The lowest BCUT2D eigenvalue weighted by Gasteiger charge is -2.26. The lowest BCUT2D eigenvalue weighted by Crippen LogP contribution is -2.42. The highest BCUT2D eigenvalue weighted by Gasteiger charge is 2.17. The number of nitrogens with one attached hydrogen (secondary N) is 1. The Morgan fingerprint density at radius 3 is 2.82 bits per heavy atom. The fraction of sp³-hybridized carbons (Fsp3) is 0.875. The number of Topliss-reactive ketones (excluding diaryl/α,β-unsaturated/α-hetero) is 1. The van der Waals surface area contributed by atoms with Crippen LogP contribution >= 0.6 is 0 Å². The second-order valence-corrected chi connectivity index (χ2v) is 3.03. The Kier molecular flexibility index (Phi) is 3.52. The maximum absolute atomic E-state index is 10.9. The summed E-state index contributed by atoms with van der Waals surface area (Å²) >= 11 is 0. The van der Waals surface area contributed by atoms with Gasteiger partial charge in [0.05, 0.1) is 0 Å². The maximum atomic E-state index is 10.9. The normalized spacial score (nSPS) is 17.9. The Hall–Kier alpha value is -0.410. The summed E-state index contributed by atoms with van der Waals surface area (Å²) in [6.07, 6.45) is 1.70. The predicted molar refractivity (Wildman–Crippen MR) is 42.5 cm³/mol. The number of hydrogen-bond acceptors (Lipinski definition) is 3. The molecule has 1 aliphatic rings. The van der Waals surface area contributed by atoms with E-state index in [1.807, 2.05) is 0 Å². The second-order valence-electron chi connectivity index (χ2n) is 3.03. The lowest BCUT2D eigenvalue weighted by molar-refractivity contribution is -0.123. The van der Waals surface area contributed by atoms with E-state index in [1.54, 1.807) is 7.11 Å². The molecule has 0 amide bonds. The van der Waals surface area contributed by atoms with Crippen LogP contribution in [0.2, 0.25) is 0 Å². The first-order valence-corrected chi connectivity index (χ1v) is 4.04. The minimum Gasteiger partial charge on any atom is -0.377 e. The number of hydrogen-bond donors (Lipinski definition) is 1. The monoisotopic (exact) mass is 157 g/mol. The highest BCUT2D eigenvalue weighted by Crippen LogP contribution is 2.10. The molecule has 1 rings (SSSR count).